The summed E-state index contributed by atoms with van der Waals surface area (Å²) in [4.78, 5) is 4.34. The van der Waals surface area contributed by atoms with Crippen LogP contribution in [0.2, 0.25) is 5.02 Å². The number of hydrogen-bond acceptors (Lipinski definition) is 4. The Morgan fingerprint density at radius 1 is 1.32 bits per heavy atom. The van der Waals surface area contributed by atoms with Gasteiger partial charge in [-0.1, -0.05) is 48.8 Å². The third-order valence-electron chi connectivity index (χ3n) is 2.83. The van der Waals surface area contributed by atoms with E-state index in [-0.39, 0.29) is 6.04 Å². The molecule has 0 bridgehead atoms. The molecule has 19 heavy (non-hydrogen) atoms. The zero-order chi connectivity index (χ0) is 13.8. The van der Waals surface area contributed by atoms with Crippen LogP contribution in [0, 0.1) is 5.92 Å². The van der Waals surface area contributed by atoms with Gasteiger partial charge in [-0.15, -0.1) is 0 Å². The minimum Gasteiger partial charge on any atom is -0.338 e. The van der Waals surface area contributed by atoms with Gasteiger partial charge in [-0.3, -0.25) is 0 Å². The number of nitrogens with two attached hydrogens (primary N) is 1. The number of nitrogens with zero attached hydrogens (tertiary/aromatic N) is 2. The molecule has 2 aromatic rings. The van der Waals surface area contributed by atoms with Crippen LogP contribution >= 0.6 is 11.6 Å². The van der Waals surface area contributed by atoms with Gasteiger partial charge in [0, 0.05) is 11.4 Å². The molecule has 0 unspecified atom stereocenters. The van der Waals surface area contributed by atoms with Crippen molar-refractivity contribution >= 4 is 11.6 Å². The highest BCUT2D eigenvalue weighted by molar-refractivity contribution is 6.31. The highest BCUT2D eigenvalue weighted by Gasteiger charge is 2.16. The molecule has 102 valence electrons. The quantitative estimate of drug-likeness (QED) is 0.911. The average molecular weight is 280 g/mol. The first-order chi connectivity index (χ1) is 9.06. The van der Waals surface area contributed by atoms with Crippen molar-refractivity contribution in [1.82, 2.24) is 10.1 Å². The monoisotopic (exact) mass is 279 g/mol. The van der Waals surface area contributed by atoms with Crippen LogP contribution in [-0.4, -0.2) is 10.1 Å². The predicted molar refractivity (Wildman–Crippen MR) is 74.9 cm³/mol. The van der Waals surface area contributed by atoms with E-state index in [0.717, 1.165) is 12.0 Å². The molecule has 1 aromatic heterocycles. The van der Waals surface area contributed by atoms with Crippen LogP contribution in [-0.2, 0) is 6.42 Å². The van der Waals surface area contributed by atoms with E-state index >= 15 is 0 Å². The highest BCUT2D eigenvalue weighted by atomic mass is 35.5. The van der Waals surface area contributed by atoms with Gasteiger partial charge in [0.15, 0.2) is 5.82 Å². The Labute approximate surface area is 118 Å². The van der Waals surface area contributed by atoms with Crippen LogP contribution in [0.3, 0.4) is 0 Å². The van der Waals surface area contributed by atoms with E-state index in [9.17, 15) is 0 Å². The van der Waals surface area contributed by atoms with Crippen LogP contribution in [0.1, 0.15) is 43.6 Å². The van der Waals surface area contributed by atoms with Gasteiger partial charge in [0.1, 0.15) is 0 Å². The second kappa shape index (κ2) is 6.17. The third-order valence-corrected chi connectivity index (χ3v) is 3.20. The Bertz CT molecular complexity index is 539. The molecule has 0 aliphatic heterocycles. The normalized spacial score (nSPS) is 12.9. The lowest BCUT2D eigenvalue weighted by molar-refractivity contribution is 0.333. The summed E-state index contributed by atoms with van der Waals surface area (Å²) >= 11 is 6.10. The van der Waals surface area contributed by atoms with E-state index in [2.05, 4.69) is 24.0 Å². The van der Waals surface area contributed by atoms with Gasteiger partial charge in [0.25, 0.3) is 0 Å². The molecule has 2 rings (SSSR count). The number of benzene rings is 1. The van der Waals surface area contributed by atoms with Gasteiger partial charge in [-0.25, -0.2) is 0 Å². The topological polar surface area (TPSA) is 64.9 Å². The van der Waals surface area contributed by atoms with Gasteiger partial charge in [0.2, 0.25) is 5.89 Å². The second-order valence-corrected chi connectivity index (χ2v) is 5.46. The van der Waals surface area contributed by atoms with Crippen molar-refractivity contribution < 1.29 is 4.52 Å². The Kier molecular flexibility index (Phi) is 4.56. The maximum absolute atomic E-state index is 6.10. The lowest BCUT2D eigenvalue weighted by atomic mass is 10.0. The molecule has 0 saturated heterocycles. The zero-order valence-electron chi connectivity index (χ0n) is 11.1. The van der Waals surface area contributed by atoms with E-state index in [1.54, 1.807) is 0 Å². The van der Waals surface area contributed by atoms with Crippen molar-refractivity contribution in [2.45, 2.75) is 32.7 Å². The Balaban J connectivity index is 2.07. The molecule has 2 N–H and O–H groups in total. The molecule has 1 atom stereocenters. The molecule has 0 radical (unpaired) electrons. The van der Waals surface area contributed by atoms with Crippen molar-refractivity contribution in [3.63, 3.8) is 0 Å². The van der Waals surface area contributed by atoms with Crippen molar-refractivity contribution in [3.05, 3.63) is 46.6 Å². The number of halogens is 1. The Morgan fingerprint density at radius 3 is 2.74 bits per heavy atom. The first-order valence-electron chi connectivity index (χ1n) is 6.37. The standard InChI is InChI=1S/C14H18ClN3O/c1-9(2)7-12(16)14-17-13(18-19-14)8-10-5-3-4-6-11(10)15/h3-6,9,12H,7-8,16H2,1-2H3/t12-/m0/s1. The maximum Gasteiger partial charge on any atom is 0.243 e. The average Bonchev–Trinajstić information content (AvgIpc) is 2.80. The van der Waals surface area contributed by atoms with Crippen molar-refractivity contribution in [2.24, 2.45) is 11.7 Å². The molecule has 0 saturated carbocycles. The molecule has 5 heteroatoms. The molecule has 4 nitrogen and oxygen atoms in total. The predicted octanol–water partition coefficient (Wildman–Crippen LogP) is 3.36. The largest absolute Gasteiger partial charge is 0.338 e. The maximum atomic E-state index is 6.10. The fraction of sp³-hybridized carbons (Fsp3) is 0.429. The van der Waals surface area contributed by atoms with E-state index in [0.29, 0.717) is 29.1 Å². The smallest absolute Gasteiger partial charge is 0.243 e. The highest BCUT2D eigenvalue weighted by Crippen LogP contribution is 2.20. The van der Waals surface area contributed by atoms with Crippen LogP contribution in [0.15, 0.2) is 28.8 Å². The van der Waals surface area contributed by atoms with E-state index in [1.807, 2.05) is 24.3 Å². The summed E-state index contributed by atoms with van der Waals surface area (Å²) < 4.78 is 5.21. The van der Waals surface area contributed by atoms with Gasteiger partial charge in [0.05, 0.1) is 6.04 Å². The SMILES string of the molecule is CC(C)C[C@H](N)c1nc(Cc2ccccc2Cl)no1. The molecule has 1 heterocycles. The molecule has 1 aromatic carbocycles. The summed E-state index contributed by atoms with van der Waals surface area (Å²) in [5.74, 6) is 1.60. The van der Waals surface area contributed by atoms with Gasteiger partial charge >= 0.3 is 0 Å². The molecule has 0 aliphatic rings. The Hall–Kier alpha value is -1.39. The lowest BCUT2D eigenvalue weighted by Crippen LogP contribution is -2.13. The summed E-state index contributed by atoms with van der Waals surface area (Å²) in [5, 5.41) is 4.66. The summed E-state index contributed by atoms with van der Waals surface area (Å²) in [6.07, 6.45) is 1.38. The second-order valence-electron chi connectivity index (χ2n) is 5.05. The van der Waals surface area contributed by atoms with E-state index in [4.69, 9.17) is 21.9 Å². The molecule has 0 aliphatic carbocycles. The lowest BCUT2D eigenvalue weighted by Gasteiger charge is -2.08. The first kappa shape index (κ1) is 14.0. The number of hydrogen-bond donors (Lipinski definition) is 1. The van der Waals surface area contributed by atoms with Crippen LogP contribution in [0.5, 0.6) is 0 Å². The zero-order valence-corrected chi connectivity index (χ0v) is 11.9. The van der Waals surface area contributed by atoms with Gasteiger partial charge in [-0.2, -0.15) is 4.98 Å². The minimum atomic E-state index is -0.201. The van der Waals surface area contributed by atoms with Crippen LogP contribution in [0.4, 0.5) is 0 Å². The number of rotatable bonds is 5. The fourth-order valence-corrected chi connectivity index (χ4v) is 2.11. The Morgan fingerprint density at radius 2 is 2.05 bits per heavy atom. The summed E-state index contributed by atoms with van der Waals surface area (Å²) in [6, 6.07) is 7.43. The van der Waals surface area contributed by atoms with Gasteiger partial charge < -0.3 is 10.3 Å². The summed E-state index contributed by atoms with van der Waals surface area (Å²) in [5.41, 5.74) is 6.99. The summed E-state index contributed by atoms with van der Waals surface area (Å²) in [6.45, 7) is 4.22. The van der Waals surface area contributed by atoms with Crippen LogP contribution in [0.25, 0.3) is 0 Å². The molecular formula is C14H18ClN3O. The number of aromatic nitrogens is 2. The molecule has 0 fully saturated rings. The van der Waals surface area contributed by atoms with E-state index < -0.39 is 0 Å². The van der Waals surface area contributed by atoms with E-state index in [1.165, 1.54) is 0 Å². The first-order valence-corrected chi connectivity index (χ1v) is 6.75. The van der Waals surface area contributed by atoms with Gasteiger partial charge in [-0.05, 0) is 24.0 Å². The fourth-order valence-electron chi connectivity index (χ4n) is 1.91. The molecule has 0 spiro atoms. The van der Waals surface area contributed by atoms with Crippen LogP contribution < -0.4 is 5.73 Å². The molecule has 0 amide bonds. The minimum absolute atomic E-state index is 0.201. The van der Waals surface area contributed by atoms with Crippen molar-refractivity contribution in [2.75, 3.05) is 0 Å². The van der Waals surface area contributed by atoms with Crippen molar-refractivity contribution in [3.8, 4) is 0 Å². The third kappa shape index (κ3) is 3.78. The summed E-state index contributed by atoms with van der Waals surface area (Å²) in [7, 11) is 0. The molecular weight excluding hydrogens is 262 g/mol. The van der Waals surface area contributed by atoms with Crippen molar-refractivity contribution in [1.29, 1.82) is 0 Å².